The molecule has 0 saturated carbocycles. The Labute approximate surface area is 252 Å². The second kappa shape index (κ2) is 12.1. The van der Waals surface area contributed by atoms with Gasteiger partial charge in [0.25, 0.3) is 5.76 Å². The van der Waals surface area contributed by atoms with E-state index >= 15 is 0 Å². The van der Waals surface area contributed by atoms with Crippen LogP contribution in [0.15, 0.2) is 57.7 Å². The van der Waals surface area contributed by atoms with Gasteiger partial charge in [0.1, 0.15) is 17.1 Å². The number of hydrogen-bond acceptors (Lipinski definition) is 6. The van der Waals surface area contributed by atoms with Gasteiger partial charge in [-0.1, -0.05) is 24.6 Å². The van der Waals surface area contributed by atoms with E-state index in [1.165, 1.54) is 36.4 Å². The summed E-state index contributed by atoms with van der Waals surface area (Å²) in [5, 5.41) is 0.314. The first-order chi connectivity index (χ1) is 20.3. The lowest BCUT2D eigenvalue weighted by molar-refractivity contribution is -0.154. The molecule has 43 heavy (non-hydrogen) atoms. The zero-order chi connectivity index (χ0) is 31.1. The number of hydrogen-bond donors (Lipinski definition) is 0. The highest BCUT2D eigenvalue weighted by Crippen LogP contribution is 2.41. The van der Waals surface area contributed by atoms with Crippen molar-refractivity contribution in [3.8, 4) is 17.2 Å². The largest absolute Gasteiger partial charge is 0.453 e. The molecule has 1 aliphatic rings. The quantitative estimate of drug-likeness (QED) is 0.160. The first kappa shape index (κ1) is 30.6. The number of aryl methyl sites for hydroxylation is 2. The fraction of sp³-hybridized carbons (Fsp3) is 0.333. The van der Waals surface area contributed by atoms with Crippen molar-refractivity contribution in [1.29, 1.82) is 0 Å². The average Bonchev–Trinajstić information content (AvgIpc) is 2.94. The second-order valence-electron chi connectivity index (χ2n) is 11.2. The molecule has 1 aliphatic heterocycles. The summed E-state index contributed by atoms with van der Waals surface area (Å²) in [4.78, 5) is 28.8. The molecule has 1 aromatic heterocycles. The molecule has 0 unspecified atom stereocenters. The van der Waals surface area contributed by atoms with Crippen molar-refractivity contribution >= 4 is 28.5 Å². The topological polar surface area (TPSA) is 69.0 Å². The van der Waals surface area contributed by atoms with Crippen LogP contribution in [-0.4, -0.2) is 24.0 Å². The molecule has 2 heterocycles. The SMILES string of the molecule is Cc1cc(C)c(C)c(Oc2c(C(F)(F)F)oc3c(CN4CCC(C)CC4)c(OC(=O)c4ccc(Cl)cc4)ccc3c2=O)c1. The van der Waals surface area contributed by atoms with Crippen molar-refractivity contribution in [2.24, 2.45) is 5.92 Å². The number of carbonyl (C=O) groups is 1. The lowest BCUT2D eigenvalue weighted by Gasteiger charge is -2.30. The van der Waals surface area contributed by atoms with Gasteiger partial charge in [0.2, 0.25) is 11.2 Å². The molecule has 0 N–H and O–H groups in total. The summed E-state index contributed by atoms with van der Waals surface area (Å²) in [6.45, 7) is 8.93. The monoisotopic (exact) mass is 613 g/mol. The number of nitrogens with zero attached hydrogens (tertiary/aromatic N) is 1. The molecule has 1 saturated heterocycles. The molecule has 0 radical (unpaired) electrons. The van der Waals surface area contributed by atoms with Gasteiger partial charge < -0.3 is 13.9 Å². The zero-order valence-corrected chi connectivity index (χ0v) is 25.0. The van der Waals surface area contributed by atoms with Crippen LogP contribution in [0.5, 0.6) is 17.2 Å². The minimum Gasteiger partial charge on any atom is -0.449 e. The number of piperidine rings is 1. The summed E-state index contributed by atoms with van der Waals surface area (Å²) in [5.41, 5.74) is 1.26. The molecule has 0 bridgehead atoms. The van der Waals surface area contributed by atoms with Crippen LogP contribution < -0.4 is 14.9 Å². The molecular weight excluding hydrogens is 583 g/mol. The minimum atomic E-state index is -5.05. The number of rotatable bonds is 6. The van der Waals surface area contributed by atoms with E-state index in [9.17, 15) is 22.8 Å². The minimum absolute atomic E-state index is 0.00108. The molecule has 0 atom stereocenters. The summed E-state index contributed by atoms with van der Waals surface area (Å²) in [6, 6.07) is 12.2. The number of esters is 1. The van der Waals surface area contributed by atoms with Crippen molar-refractivity contribution < 1.29 is 31.9 Å². The van der Waals surface area contributed by atoms with Gasteiger partial charge in [-0.05, 0) is 112 Å². The lowest BCUT2D eigenvalue weighted by Crippen LogP contribution is -2.32. The predicted molar refractivity (Wildman–Crippen MR) is 158 cm³/mol. The van der Waals surface area contributed by atoms with Gasteiger partial charge in [0.15, 0.2) is 0 Å². The highest BCUT2D eigenvalue weighted by atomic mass is 35.5. The van der Waals surface area contributed by atoms with Crippen molar-refractivity contribution in [2.75, 3.05) is 13.1 Å². The van der Waals surface area contributed by atoms with Crippen molar-refractivity contribution in [1.82, 2.24) is 4.90 Å². The van der Waals surface area contributed by atoms with Crippen molar-refractivity contribution in [3.05, 3.63) is 97.4 Å². The van der Waals surface area contributed by atoms with E-state index in [1.807, 2.05) is 17.9 Å². The third kappa shape index (κ3) is 6.58. The normalized spacial score (nSPS) is 14.7. The van der Waals surface area contributed by atoms with E-state index in [4.69, 9.17) is 25.5 Å². The van der Waals surface area contributed by atoms with E-state index in [1.54, 1.807) is 19.9 Å². The molecule has 6 nitrogen and oxygen atoms in total. The number of halogens is 4. The lowest BCUT2D eigenvalue weighted by atomic mass is 9.98. The highest BCUT2D eigenvalue weighted by Gasteiger charge is 2.41. The smallest absolute Gasteiger partial charge is 0.449 e. The maximum atomic E-state index is 14.5. The van der Waals surface area contributed by atoms with Crippen molar-refractivity contribution in [3.63, 3.8) is 0 Å². The fourth-order valence-electron chi connectivity index (χ4n) is 5.21. The van der Waals surface area contributed by atoms with Crippen LogP contribution in [0.2, 0.25) is 5.02 Å². The van der Waals surface area contributed by atoms with Crippen LogP contribution in [0.3, 0.4) is 0 Å². The summed E-state index contributed by atoms with van der Waals surface area (Å²) in [7, 11) is 0. The van der Waals surface area contributed by atoms with Crippen LogP contribution in [0.1, 0.15) is 58.1 Å². The van der Waals surface area contributed by atoms with E-state index in [-0.39, 0.29) is 40.1 Å². The van der Waals surface area contributed by atoms with E-state index in [2.05, 4.69) is 6.92 Å². The number of alkyl halides is 3. The molecule has 0 amide bonds. The summed E-state index contributed by atoms with van der Waals surface area (Å²) in [5.74, 6) is -2.59. The Bertz CT molecular complexity index is 1740. The number of fused-ring (bicyclic) bond motifs is 1. The number of ether oxygens (including phenoxy) is 2. The molecule has 10 heteroatoms. The molecule has 226 valence electrons. The number of likely N-dealkylation sites (tertiary alicyclic amines) is 1. The van der Waals surface area contributed by atoms with Gasteiger partial charge >= 0.3 is 12.1 Å². The summed E-state index contributed by atoms with van der Waals surface area (Å²) < 4.78 is 60.4. The summed E-state index contributed by atoms with van der Waals surface area (Å²) in [6.07, 6.45) is -3.26. The van der Waals surface area contributed by atoms with Crippen LogP contribution in [0.4, 0.5) is 13.2 Å². The van der Waals surface area contributed by atoms with Gasteiger partial charge in [-0.15, -0.1) is 0 Å². The van der Waals surface area contributed by atoms with Crippen LogP contribution in [0, 0.1) is 26.7 Å². The third-order valence-electron chi connectivity index (χ3n) is 7.85. The average molecular weight is 614 g/mol. The Balaban J connectivity index is 1.67. The highest BCUT2D eigenvalue weighted by molar-refractivity contribution is 6.30. The van der Waals surface area contributed by atoms with Gasteiger partial charge in [0.05, 0.1) is 16.5 Å². The Morgan fingerprint density at radius 2 is 1.70 bits per heavy atom. The molecule has 1 fully saturated rings. The Hall–Kier alpha value is -3.82. The number of benzene rings is 3. The standard InChI is InChI=1S/C33H31ClF3NO5/c1-18-11-13-38(14-12-18)17-25-26(42-32(40)22-5-7-23(34)8-6-22)10-9-24-28(39)30(31(33(35,36)37)43-29(24)25)41-27-16-19(2)15-20(3)21(27)4/h5-10,15-16,18H,11-14,17H2,1-4H3. The predicted octanol–water partition coefficient (Wildman–Crippen LogP) is 8.63. The zero-order valence-electron chi connectivity index (χ0n) is 24.2. The van der Waals surface area contributed by atoms with Crippen LogP contribution in [0.25, 0.3) is 11.0 Å². The molecule has 5 rings (SSSR count). The van der Waals surface area contributed by atoms with Gasteiger partial charge in [-0.3, -0.25) is 9.69 Å². The number of carbonyl (C=O) groups excluding carboxylic acids is 1. The van der Waals surface area contributed by atoms with Crippen LogP contribution in [-0.2, 0) is 12.7 Å². The summed E-state index contributed by atoms with van der Waals surface area (Å²) >= 11 is 5.94. The molecule has 3 aromatic carbocycles. The van der Waals surface area contributed by atoms with Crippen molar-refractivity contribution in [2.45, 2.75) is 53.3 Å². The third-order valence-corrected chi connectivity index (χ3v) is 8.10. The van der Waals surface area contributed by atoms with E-state index in [0.29, 0.717) is 29.6 Å². The Morgan fingerprint density at radius 1 is 1.02 bits per heavy atom. The van der Waals surface area contributed by atoms with E-state index < -0.39 is 29.1 Å². The Kier molecular flexibility index (Phi) is 8.58. The fourth-order valence-corrected chi connectivity index (χ4v) is 5.33. The van der Waals surface area contributed by atoms with Gasteiger partial charge in [0, 0.05) is 11.6 Å². The molecule has 0 spiro atoms. The molecule has 4 aromatic rings. The van der Waals surface area contributed by atoms with Gasteiger partial charge in [-0.25, -0.2) is 4.79 Å². The van der Waals surface area contributed by atoms with Crippen LogP contribution >= 0.6 is 11.6 Å². The first-order valence-corrected chi connectivity index (χ1v) is 14.3. The van der Waals surface area contributed by atoms with Gasteiger partial charge in [-0.2, -0.15) is 13.2 Å². The maximum absolute atomic E-state index is 14.5. The molecule has 0 aliphatic carbocycles. The Morgan fingerprint density at radius 3 is 2.35 bits per heavy atom. The maximum Gasteiger partial charge on any atom is 0.453 e. The molecular formula is C33H31ClF3NO5. The second-order valence-corrected chi connectivity index (χ2v) is 11.6. The van der Waals surface area contributed by atoms with E-state index in [0.717, 1.165) is 24.0 Å². The first-order valence-electron chi connectivity index (χ1n) is 14.0.